The number of nitrogens with zero attached hydrogens (tertiary/aromatic N) is 3. The lowest BCUT2D eigenvalue weighted by Gasteiger charge is -2.30. The van der Waals surface area contributed by atoms with Crippen LogP contribution in [0.5, 0.6) is 5.75 Å². The molecule has 8 nitrogen and oxygen atoms in total. The van der Waals surface area contributed by atoms with Gasteiger partial charge >= 0.3 is 0 Å². The molecule has 0 unspecified atom stereocenters. The average Bonchev–Trinajstić information content (AvgIpc) is 3.48. The second-order valence-electron chi connectivity index (χ2n) is 10.7. The van der Waals surface area contributed by atoms with Crippen molar-refractivity contribution in [1.82, 2.24) is 25.2 Å². The van der Waals surface area contributed by atoms with Crippen LogP contribution in [-0.2, 0) is 17.6 Å². The van der Waals surface area contributed by atoms with E-state index in [4.69, 9.17) is 14.8 Å². The van der Waals surface area contributed by atoms with Crippen LogP contribution >= 0.6 is 0 Å². The van der Waals surface area contributed by atoms with Gasteiger partial charge in [0.2, 0.25) is 5.91 Å². The summed E-state index contributed by atoms with van der Waals surface area (Å²) in [6, 6.07) is 10.2. The third-order valence-corrected chi connectivity index (χ3v) is 7.86. The molecule has 8 heteroatoms. The maximum Gasteiger partial charge on any atom is 0.240 e. The molecule has 198 valence electrons. The van der Waals surface area contributed by atoms with Gasteiger partial charge in [0, 0.05) is 29.4 Å². The molecule has 37 heavy (non-hydrogen) atoms. The van der Waals surface area contributed by atoms with Gasteiger partial charge in [-0.3, -0.25) is 4.79 Å². The number of nitrogens with one attached hydrogen (secondary N) is 2. The molecule has 0 spiro atoms. The molecule has 2 aliphatic rings. The van der Waals surface area contributed by atoms with Crippen molar-refractivity contribution in [3.63, 3.8) is 0 Å². The van der Waals surface area contributed by atoms with Crippen LogP contribution in [0.25, 0.3) is 5.65 Å². The number of ether oxygens (including phenoxy) is 1. The minimum absolute atomic E-state index is 0.0685. The molecule has 0 radical (unpaired) electrons. The Hall–Kier alpha value is -2.97. The molecule has 3 aromatic rings. The monoisotopic (exact) mass is 505 g/mol. The molecule has 2 fully saturated rings. The van der Waals surface area contributed by atoms with Gasteiger partial charge in [0.05, 0.1) is 18.4 Å². The van der Waals surface area contributed by atoms with Crippen molar-refractivity contribution >= 4 is 11.6 Å². The van der Waals surface area contributed by atoms with Crippen LogP contribution in [0.2, 0.25) is 0 Å². The minimum Gasteiger partial charge on any atom is -0.493 e. The number of hydrogen-bond acceptors (Lipinski definition) is 6. The topological polar surface area (TPSA) is 101 Å². The van der Waals surface area contributed by atoms with Crippen molar-refractivity contribution in [2.75, 3.05) is 13.2 Å². The second-order valence-corrected chi connectivity index (χ2v) is 10.7. The van der Waals surface area contributed by atoms with Gasteiger partial charge in [-0.1, -0.05) is 19.1 Å². The van der Waals surface area contributed by atoms with Gasteiger partial charge < -0.3 is 20.5 Å². The van der Waals surface area contributed by atoms with Crippen molar-refractivity contribution in [3.05, 3.63) is 58.5 Å². The highest BCUT2D eigenvalue weighted by Crippen LogP contribution is 2.27. The molecule has 5 rings (SSSR count). The quantitative estimate of drug-likeness (QED) is 0.434. The Morgan fingerprint density at radius 1 is 1.16 bits per heavy atom. The number of carbonyl (C=O) groups is 1. The Morgan fingerprint density at radius 2 is 1.92 bits per heavy atom. The SMILES string of the molecule is CCc1nn2c(C)cc(C)nc2c1Cc1ccc(OC[C@H]2CC[C@@H](NC(=O)[C@H]3NCC[C@H]3O)CC2)cc1. The first-order valence-electron chi connectivity index (χ1n) is 13.7. The number of fused-ring (bicyclic) bond motifs is 1. The first-order chi connectivity index (χ1) is 17.9. The molecule has 1 aromatic carbocycles. The number of aryl methyl sites for hydroxylation is 3. The summed E-state index contributed by atoms with van der Waals surface area (Å²) in [6.45, 7) is 7.64. The molecule has 1 amide bonds. The fourth-order valence-electron chi connectivity index (χ4n) is 5.72. The number of hydrogen-bond donors (Lipinski definition) is 3. The molecular weight excluding hydrogens is 466 g/mol. The first-order valence-corrected chi connectivity index (χ1v) is 13.7. The van der Waals surface area contributed by atoms with Gasteiger partial charge in [0.15, 0.2) is 5.65 Å². The van der Waals surface area contributed by atoms with Crippen LogP contribution in [0.4, 0.5) is 0 Å². The van der Waals surface area contributed by atoms with Gasteiger partial charge in [-0.2, -0.15) is 5.10 Å². The zero-order valence-electron chi connectivity index (χ0n) is 22.2. The summed E-state index contributed by atoms with van der Waals surface area (Å²) in [5.41, 5.74) is 6.59. The lowest BCUT2D eigenvalue weighted by Crippen LogP contribution is -2.50. The van der Waals surface area contributed by atoms with E-state index >= 15 is 0 Å². The first kappa shape index (κ1) is 25.7. The van der Waals surface area contributed by atoms with E-state index in [1.54, 1.807) is 0 Å². The van der Waals surface area contributed by atoms with Crippen molar-refractivity contribution in [3.8, 4) is 5.75 Å². The Kier molecular flexibility index (Phi) is 7.76. The fraction of sp³-hybridized carbons (Fsp3) is 0.552. The van der Waals surface area contributed by atoms with Crippen molar-refractivity contribution in [2.24, 2.45) is 5.92 Å². The maximum absolute atomic E-state index is 12.4. The summed E-state index contributed by atoms with van der Waals surface area (Å²) in [5, 5.41) is 20.9. The summed E-state index contributed by atoms with van der Waals surface area (Å²) in [7, 11) is 0. The predicted molar refractivity (Wildman–Crippen MR) is 143 cm³/mol. The van der Waals surface area contributed by atoms with E-state index in [9.17, 15) is 9.90 Å². The molecule has 1 saturated carbocycles. The molecule has 3 N–H and O–H groups in total. The summed E-state index contributed by atoms with van der Waals surface area (Å²) >= 11 is 0. The summed E-state index contributed by atoms with van der Waals surface area (Å²) < 4.78 is 8.10. The molecule has 2 aromatic heterocycles. The van der Waals surface area contributed by atoms with Gasteiger partial charge in [0.1, 0.15) is 11.8 Å². The van der Waals surface area contributed by atoms with Gasteiger partial charge in [-0.05, 0) is 88.6 Å². The van der Waals surface area contributed by atoms with Gasteiger partial charge in [0.25, 0.3) is 0 Å². The van der Waals surface area contributed by atoms with Crippen molar-refractivity contribution in [2.45, 2.75) is 83.9 Å². The van der Waals surface area contributed by atoms with Gasteiger partial charge in [-0.25, -0.2) is 9.50 Å². The standard InChI is InChI=1S/C29H39N5O3/c1-4-25-24(28-31-18(2)15-19(3)34(28)33-25)16-20-7-11-23(12-8-20)37-17-21-5-9-22(10-6-21)32-29(36)27-26(35)13-14-30-27/h7-8,11-12,15,21-22,26-27,30,35H,4-6,9-10,13-14,16-17H2,1-3H3,(H,32,36)/t21-,22+,26-,27+/m1/s1. The lowest BCUT2D eigenvalue weighted by atomic mass is 9.86. The number of carbonyl (C=O) groups excluding carboxylic acids is 1. The molecule has 1 saturated heterocycles. The van der Waals surface area contributed by atoms with Crippen LogP contribution in [0, 0.1) is 19.8 Å². The summed E-state index contributed by atoms with van der Waals surface area (Å²) in [6.07, 6.45) is 5.71. The summed E-state index contributed by atoms with van der Waals surface area (Å²) in [5.74, 6) is 1.31. The molecule has 1 aliphatic carbocycles. The number of aliphatic hydroxyl groups is 1. The molecular formula is C29H39N5O3. The highest BCUT2D eigenvalue weighted by Gasteiger charge is 2.33. The third kappa shape index (κ3) is 5.80. The van der Waals surface area contributed by atoms with E-state index in [1.165, 1.54) is 11.1 Å². The van der Waals surface area contributed by atoms with E-state index in [0.29, 0.717) is 25.5 Å². The van der Waals surface area contributed by atoms with E-state index in [-0.39, 0.29) is 11.9 Å². The van der Waals surface area contributed by atoms with E-state index < -0.39 is 12.1 Å². The van der Waals surface area contributed by atoms with E-state index in [2.05, 4.69) is 54.8 Å². The molecule has 0 bridgehead atoms. The van der Waals surface area contributed by atoms with Crippen molar-refractivity contribution in [1.29, 1.82) is 0 Å². The molecule has 3 heterocycles. The molecule has 1 aliphatic heterocycles. The smallest absolute Gasteiger partial charge is 0.240 e. The zero-order valence-corrected chi connectivity index (χ0v) is 22.2. The highest BCUT2D eigenvalue weighted by molar-refractivity contribution is 5.83. The third-order valence-electron chi connectivity index (χ3n) is 7.86. The Morgan fingerprint density at radius 3 is 2.59 bits per heavy atom. The lowest BCUT2D eigenvalue weighted by molar-refractivity contribution is -0.125. The number of aliphatic hydroxyl groups excluding tert-OH is 1. The predicted octanol–water partition coefficient (Wildman–Crippen LogP) is 3.28. The van der Waals surface area contributed by atoms with Crippen LogP contribution in [0.1, 0.15) is 67.2 Å². The van der Waals surface area contributed by atoms with E-state index in [0.717, 1.165) is 67.0 Å². The van der Waals surface area contributed by atoms with Gasteiger partial charge in [-0.15, -0.1) is 0 Å². The van der Waals surface area contributed by atoms with Crippen LogP contribution < -0.4 is 15.4 Å². The second kappa shape index (κ2) is 11.2. The number of aromatic nitrogens is 3. The van der Waals surface area contributed by atoms with Crippen LogP contribution in [-0.4, -0.2) is 57.0 Å². The van der Waals surface area contributed by atoms with Crippen molar-refractivity contribution < 1.29 is 14.6 Å². The largest absolute Gasteiger partial charge is 0.493 e. The maximum atomic E-state index is 12.4. The Bertz CT molecular complexity index is 1230. The minimum atomic E-state index is -0.575. The highest BCUT2D eigenvalue weighted by atomic mass is 16.5. The van der Waals surface area contributed by atoms with Crippen LogP contribution in [0.15, 0.2) is 30.3 Å². The van der Waals surface area contributed by atoms with Crippen LogP contribution in [0.3, 0.4) is 0 Å². The average molecular weight is 506 g/mol. The molecule has 2 atom stereocenters. The number of benzene rings is 1. The number of amides is 1. The normalized spacial score (nSPS) is 23.9. The zero-order chi connectivity index (χ0) is 25.9. The Balaban J connectivity index is 1.12. The Labute approximate surface area is 218 Å². The fourth-order valence-corrected chi connectivity index (χ4v) is 5.72. The van der Waals surface area contributed by atoms with E-state index in [1.807, 2.05) is 11.4 Å². The summed E-state index contributed by atoms with van der Waals surface area (Å²) in [4.78, 5) is 17.2. The number of rotatable bonds is 8.